The third-order valence-corrected chi connectivity index (χ3v) is 2.52. The lowest BCUT2D eigenvalue weighted by atomic mass is 9.76. The van der Waals surface area contributed by atoms with Crippen LogP contribution in [-0.2, 0) is 4.79 Å². The zero-order valence-corrected chi connectivity index (χ0v) is 7.92. The van der Waals surface area contributed by atoms with Gasteiger partial charge in [0.2, 0.25) is 0 Å². The summed E-state index contributed by atoms with van der Waals surface area (Å²) in [7, 11) is 0. The molecule has 1 atom stereocenters. The summed E-state index contributed by atoms with van der Waals surface area (Å²) < 4.78 is 0. The molecule has 2 heteroatoms. The molecular weight excluding hydrogens is 152 g/mol. The SMILES string of the molecule is CCC1=CC(C)(C)C(O)CC1=O. The number of hydrogen-bond donors (Lipinski definition) is 1. The fourth-order valence-electron chi connectivity index (χ4n) is 1.49. The molecular formula is C10H16O2. The van der Waals surface area contributed by atoms with Gasteiger partial charge in [0.05, 0.1) is 6.10 Å². The maximum atomic E-state index is 11.3. The van der Waals surface area contributed by atoms with Gasteiger partial charge in [-0.25, -0.2) is 0 Å². The number of hydrogen-bond acceptors (Lipinski definition) is 2. The maximum absolute atomic E-state index is 11.3. The van der Waals surface area contributed by atoms with Gasteiger partial charge in [0.15, 0.2) is 5.78 Å². The van der Waals surface area contributed by atoms with Gasteiger partial charge in [0.1, 0.15) is 0 Å². The van der Waals surface area contributed by atoms with Gasteiger partial charge in [-0.3, -0.25) is 4.79 Å². The van der Waals surface area contributed by atoms with Crippen LogP contribution < -0.4 is 0 Å². The van der Waals surface area contributed by atoms with Crippen molar-refractivity contribution in [1.82, 2.24) is 0 Å². The van der Waals surface area contributed by atoms with Gasteiger partial charge in [0.25, 0.3) is 0 Å². The molecule has 0 amide bonds. The van der Waals surface area contributed by atoms with Crippen molar-refractivity contribution < 1.29 is 9.90 Å². The van der Waals surface area contributed by atoms with Gasteiger partial charge in [-0.05, 0) is 12.0 Å². The minimum absolute atomic E-state index is 0.101. The third kappa shape index (κ3) is 1.58. The summed E-state index contributed by atoms with van der Waals surface area (Å²) in [6.45, 7) is 5.89. The minimum Gasteiger partial charge on any atom is -0.392 e. The zero-order valence-electron chi connectivity index (χ0n) is 7.92. The van der Waals surface area contributed by atoms with Gasteiger partial charge >= 0.3 is 0 Å². The van der Waals surface area contributed by atoms with E-state index in [9.17, 15) is 9.90 Å². The average Bonchev–Trinajstić information content (AvgIpc) is 1.97. The number of aliphatic hydroxyl groups is 1. The first-order valence-electron chi connectivity index (χ1n) is 4.40. The highest BCUT2D eigenvalue weighted by Crippen LogP contribution is 2.32. The number of Topliss-reactive ketones (excluding diaryl/α,β-unsaturated/α-hetero) is 1. The van der Waals surface area contributed by atoms with E-state index in [0.29, 0.717) is 0 Å². The second kappa shape index (κ2) is 3.02. The minimum atomic E-state index is -0.514. The summed E-state index contributed by atoms with van der Waals surface area (Å²) in [4.78, 5) is 11.3. The van der Waals surface area contributed by atoms with Crippen LogP contribution in [0.25, 0.3) is 0 Å². The summed E-state index contributed by atoms with van der Waals surface area (Å²) in [5, 5.41) is 9.56. The molecule has 0 aromatic heterocycles. The fourth-order valence-corrected chi connectivity index (χ4v) is 1.49. The summed E-state index contributed by atoms with van der Waals surface area (Å²) >= 11 is 0. The van der Waals surface area contributed by atoms with Crippen LogP contribution >= 0.6 is 0 Å². The lowest BCUT2D eigenvalue weighted by Crippen LogP contribution is -2.34. The van der Waals surface area contributed by atoms with Crippen molar-refractivity contribution in [2.75, 3.05) is 0 Å². The Balaban J connectivity index is 2.96. The first kappa shape index (κ1) is 9.46. The molecule has 1 aliphatic rings. The zero-order chi connectivity index (χ0) is 9.35. The Morgan fingerprint density at radius 3 is 2.75 bits per heavy atom. The Morgan fingerprint density at radius 1 is 1.67 bits per heavy atom. The molecule has 0 saturated heterocycles. The van der Waals surface area contributed by atoms with E-state index in [-0.39, 0.29) is 17.6 Å². The van der Waals surface area contributed by atoms with Gasteiger partial charge in [-0.15, -0.1) is 0 Å². The quantitative estimate of drug-likeness (QED) is 0.646. The van der Waals surface area contributed by atoms with E-state index in [4.69, 9.17) is 0 Å². The standard InChI is InChI=1S/C10H16O2/c1-4-7-6-10(2,3)9(12)5-8(7)11/h6,9,12H,4-5H2,1-3H3. The number of carbonyl (C=O) groups is 1. The smallest absolute Gasteiger partial charge is 0.161 e. The van der Waals surface area contributed by atoms with E-state index in [0.717, 1.165) is 12.0 Å². The average molecular weight is 168 g/mol. The van der Waals surface area contributed by atoms with E-state index >= 15 is 0 Å². The van der Waals surface area contributed by atoms with Gasteiger partial charge in [-0.2, -0.15) is 0 Å². The molecule has 1 aliphatic carbocycles. The fraction of sp³-hybridized carbons (Fsp3) is 0.700. The monoisotopic (exact) mass is 168 g/mol. The first-order valence-corrected chi connectivity index (χ1v) is 4.40. The van der Waals surface area contributed by atoms with Crippen molar-refractivity contribution in [3.63, 3.8) is 0 Å². The maximum Gasteiger partial charge on any atom is 0.161 e. The van der Waals surface area contributed by atoms with Crippen LogP contribution in [0.15, 0.2) is 11.6 Å². The molecule has 0 saturated carbocycles. The van der Waals surface area contributed by atoms with Crippen molar-refractivity contribution in [2.24, 2.45) is 5.41 Å². The Kier molecular flexibility index (Phi) is 2.38. The molecule has 12 heavy (non-hydrogen) atoms. The van der Waals surface area contributed by atoms with E-state index in [1.807, 2.05) is 26.8 Å². The predicted octanol–water partition coefficient (Wildman–Crippen LogP) is 1.68. The van der Waals surface area contributed by atoms with Crippen LogP contribution in [0.4, 0.5) is 0 Å². The van der Waals surface area contributed by atoms with Crippen LogP contribution in [0, 0.1) is 5.41 Å². The Morgan fingerprint density at radius 2 is 2.25 bits per heavy atom. The molecule has 2 nitrogen and oxygen atoms in total. The number of rotatable bonds is 1. The number of aliphatic hydroxyl groups excluding tert-OH is 1. The Bertz CT molecular complexity index is 226. The molecule has 0 aromatic carbocycles. The highest BCUT2D eigenvalue weighted by Gasteiger charge is 2.33. The lowest BCUT2D eigenvalue weighted by Gasteiger charge is -2.32. The lowest BCUT2D eigenvalue weighted by molar-refractivity contribution is -0.119. The van der Waals surface area contributed by atoms with Gasteiger partial charge in [-0.1, -0.05) is 26.8 Å². The molecule has 0 heterocycles. The molecule has 1 rings (SSSR count). The number of allylic oxidation sites excluding steroid dienone is 1. The molecule has 1 N–H and O–H groups in total. The van der Waals surface area contributed by atoms with Crippen molar-refractivity contribution in [2.45, 2.75) is 39.7 Å². The van der Waals surface area contributed by atoms with E-state index in [1.54, 1.807) is 0 Å². The molecule has 0 aliphatic heterocycles. The van der Waals surface area contributed by atoms with Crippen LogP contribution in [0.5, 0.6) is 0 Å². The molecule has 0 spiro atoms. The summed E-state index contributed by atoms with van der Waals surface area (Å²) in [6.07, 6.45) is 2.45. The largest absolute Gasteiger partial charge is 0.392 e. The Labute approximate surface area is 73.3 Å². The van der Waals surface area contributed by atoms with E-state index in [1.165, 1.54) is 0 Å². The number of carbonyl (C=O) groups excluding carboxylic acids is 1. The van der Waals surface area contributed by atoms with E-state index in [2.05, 4.69) is 0 Å². The summed E-state index contributed by atoms with van der Waals surface area (Å²) in [6, 6.07) is 0. The second-order valence-corrected chi connectivity index (χ2v) is 3.99. The predicted molar refractivity (Wildman–Crippen MR) is 47.8 cm³/mol. The Hall–Kier alpha value is -0.630. The highest BCUT2D eigenvalue weighted by molar-refractivity contribution is 5.96. The molecule has 0 radical (unpaired) electrons. The molecule has 0 fully saturated rings. The van der Waals surface area contributed by atoms with Crippen molar-refractivity contribution in [1.29, 1.82) is 0 Å². The normalized spacial score (nSPS) is 28.5. The first-order chi connectivity index (χ1) is 5.47. The van der Waals surface area contributed by atoms with Crippen LogP contribution in [0.3, 0.4) is 0 Å². The third-order valence-electron chi connectivity index (χ3n) is 2.52. The van der Waals surface area contributed by atoms with Crippen molar-refractivity contribution in [3.05, 3.63) is 11.6 Å². The molecule has 0 aromatic rings. The van der Waals surface area contributed by atoms with Gasteiger partial charge < -0.3 is 5.11 Å². The van der Waals surface area contributed by atoms with Crippen LogP contribution in [0.1, 0.15) is 33.6 Å². The van der Waals surface area contributed by atoms with Crippen LogP contribution in [-0.4, -0.2) is 17.0 Å². The van der Waals surface area contributed by atoms with Crippen molar-refractivity contribution >= 4 is 5.78 Å². The number of ketones is 1. The van der Waals surface area contributed by atoms with Crippen molar-refractivity contribution in [3.8, 4) is 0 Å². The van der Waals surface area contributed by atoms with Gasteiger partial charge in [0, 0.05) is 11.8 Å². The molecule has 0 bridgehead atoms. The highest BCUT2D eigenvalue weighted by atomic mass is 16.3. The molecule has 68 valence electrons. The van der Waals surface area contributed by atoms with Crippen LogP contribution in [0.2, 0.25) is 0 Å². The molecule has 1 unspecified atom stereocenters. The topological polar surface area (TPSA) is 37.3 Å². The summed E-state index contributed by atoms with van der Waals surface area (Å²) in [5.41, 5.74) is 0.629. The second-order valence-electron chi connectivity index (χ2n) is 3.99. The van der Waals surface area contributed by atoms with E-state index < -0.39 is 6.10 Å². The summed E-state index contributed by atoms with van der Waals surface area (Å²) in [5.74, 6) is 0.101.